The molecule has 2 rings (SSSR count). The molecule has 1 aliphatic heterocycles. The lowest BCUT2D eigenvalue weighted by atomic mass is 10.3. The average Bonchev–Trinajstić information content (AvgIpc) is 2.40. The molecule has 0 saturated heterocycles. The molecule has 0 saturated carbocycles. The molecule has 1 heterocycles. The largest absolute Gasteiger partial charge is 0.478 e. The zero-order valence-electron chi connectivity index (χ0n) is 5.48. The highest BCUT2D eigenvalue weighted by atomic mass is 16.4. The van der Waals surface area contributed by atoms with Gasteiger partial charge in [-0.05, 0) is 12.2 Å². The number of aliphatic carboxylic acids is 1. The van der Waals surface area contributed by atoms with Gasteiger partial charge in [0.25, 0.3) is 0 Å². The number of rotatable bonds is 1. The Morgan fingerprint density at radius 2 is 2.27 bits per heavy atom. The summed E-state index contributed by atoms with van der Waals surface area (Å²) in [7, 11) is 0. The van der Waals surface area contributed by atoms with E-state index in [1.54, 1.807) is 12.3 Å². The van der Waals surface area contributed by atoms with E-state index in [0.29, 0.717) is 5.70 Å². The first-order chi connectivity index (χ1) is 5.27. The molecule has 0 aromatic rings. The van der Waals surface area contributed by atoms with Crippen LogP contribution in [-0.2, 0) is 4.79 Å². The molecule has 1 aliphatic carbocycles. The third-order valence-corrected chi connectivity index (χ3v) is 1.51. The number of carboxylic acids is 1. The smallest absolute Gasteiger partial charge is 0.335 e. The molecule has 54 valence electrons. The number of hydrogen-bond donors (Lipinski definition) is 1. The Morgan fingerprint density at radius 1 is 1.45 bits per heavy atom. The van der Waals surface area contributed by atoms with Gasteiger partial charge in [-0.2, -0.15) is 10.2 Å². The van der Waals surface area contributed by atoms with Crippen LogP contribution in [0, 0.1) is 0 Å². The number of azo groups is 1. The molecular formula is C7H4N2O2. The maximum atomic E-state index is 10.4. The molecule has 0 atom stereocenters. The van der Waals surface area contributed by atoms with Crippen molar-refractivity contribution in [1.82, 2.24) is 0 Å². The normalized spacial score (nSPS) is 19.1. The molecule has 0 fully saturated rings. The number of carboxylic acid groups (broad SMARTS) is 1. The number of carbonyl (C=O) groups is 1. The summed E-state index contributed by atoms with van der Waals surface area (Å²) in [5.41, 5.74) is 1.69. The van der Waals surface area contributed by atoms with E-state index in [9.17, 15) is 4.79 Å². The van der Waals surface area contributed by atoms with Gasteiger partial charge in [-0.3, -0.25) is 0 Å². The first-order valence-corrected chi connectivity index (χ1v) is 3.05. The van der Waals surface area contributed by atoms with Crippen molar-refractivity contribution >= 4 is 5.97 Å². The molecule has 0 aromatic carbocycles. The summed E-state index contributed by atoms with van der Waals surface area (Å²) < 4.78 is 0. The van der Waals surface area contributed by atoms with Gasteiger partial charge in [0.1, 0.15) is 0 Å². The Kier molecular flexibility index (Phi) is 1.03. The lowest BCUT2D eigenvalue weighted by molar-refractivity contribution is -0.132. The highest BCUT2D eigenvalue weighted by Crippen LogP contribution is 2.28. The second-order valence-corrected chi connectivity index (χ2v) is 2.23. The van der Waals surface area contributed by atoms with Crippen molar-refractivity contribution in [3.05, 3.63) is 35.2 Å². The Bertz CT molecular complexity index is 347. The Hall–Kier alpha value is -1.71. The van der Waals surface area contributed by atoms with Gasteiger partial charge < -0.3 is 5.11 Å². The maximum Gasteiger partial charge on any atom is 0.335 e. The molecule has 2 aliphatic rings. The second kappa shape index (κ2) is 1.88. The van der Waals surface area contributed by atoms with E-state index in [0.717, 1.165) is 5.57 Å². The van der Waals surface area contributed by atoms with Gasteiger partial charge >= 0.3 is 5.97 Å². The summed E-state index contributed by atoms with van der Waals surface area (Å²) in [6, 6.07) is 0. The molecule has 0 bridgehead atoms. The molecule has 4 heteroatoms. The second-order valence-electron chi connectivity index (χ2n) is 2.23. The fourth-order valence-electron chi connectivity index (χ4n) is 0.981. The molecule has 0 unspecified atom stereocenters. The van der Waals surface area contributed by atoms with Crippen molar-refractivity contribution in [2.45, 2.75) is 0 Å². The highest BCUT2D eigenvalue weighted by Gasteiger charge is 2.18. The van der Waals surface area contributed by atoms with Crippen LogP contribution in [0.15, 0.2) is 45.4 Å². The predicted molar refractivity (Wildman–Crippen MR) is 36.7 cm³/mol. The lowest BCUT2D eigenvalue weighted by Gasteiger charge is -1.84. The van der Waals surface area contributed by atoms with Gasteiger partial charge in [-0.25, -0.2) is 4.79 Å². The Labute approximate surface area is 62.3 Å². The van der Waals surface area contributed by atoms with Crippen LogP contribution in [0.5, 0.6) is 0 Å². The topological polar surface area (TPSA) is 62.0 Å². The monoisotopic (exact) mass is 148 g/mol. The van der Waals surface area contributed by atoms with Gasteiger partial charge in [0.15, 0.2) is 0 Å². The van der Waals surface area contributed by atoms with E-state index in [4.69, 9.17) is 5.11 Å². The zero-order valence-corrected chi connectivity index (χ0v) is 5.48. The molecule has 0 aromatic heterocycles. The Morgan fingerprint density at radius 3 is 2.91 bits per heavy atom. The fourth-order valence-corrected chi connectivity index (χ4v) is 0.981. The van der Waals surface area contributed by atoms with Crippen LogP contribution in [0.2, 0.25) is 0 Å². The van der Waals surface area contributed by atoms with Gasteiger partial charge in [-0.1, -0.05) is 0 Å². The van der Waals surface area contributed by atoms with Gasteiger partial charge in [0, 0.05) is 5.57 Å². The minimum absolute atomic E-state index is 0.268. The van der Waals surface area contributed by atoms with Gasteiger partial charge in [-0.15, -0.1) is 0 Å². The van der Waals surface area contributed by atoms with Crippen molar-refractivity contribution in [3.63, 3.8) is 0 Å². The molecule has 4 nitrogen and oxygen atoms in total. The summed E-state index contributed by atoms with van der Waals surface area (Å²) in [4.78, 5) is 10.4. The fraction of sp³-hybridized carbons (Fsp3) is 0. The lowest BCUT2D eigenvalue weighted by Crippen LogP contribution is -1.94. The minimum atomic E-state index is -0.928. The van der Waals surface area contributed by atoms with E-state index in [1.165, 1.54) is 6.08 Å². The first-order valence-electron chi connectivity index (χ1n) is 3.05. The summed E-state index contributed by atoms with van der Waals surface area (Å²) >= 11 is 0. The average molecular weight is 148 g/mol. The van der Waals surface area contributed by atoms with E-state index in [1.807, 2.05) is 0 Å². The van der Waals surface area contributed by atoms with Crippen LogP contribution in [0.3, 0.4) is 0 Å². The van der Waals surface area contributed by atoms with Crippen molar-refractivity contribution in [2.75, 3.05) is 0 Å². The third-order valence-electron chi connectivity index (χ3n) is 1.51. The van der Waals surface area contributed by atoms with Crippen molar-refractivity contribution in [1.29, 1.82) is 0 Å². The van der Waals surface area contributed by atoms with Crippen molar-refractivity contribution in [3.8, 4) is 0 Å². The van der Waals surface area contributed by atoms with Crippen LogP contribution >= 0.6 is 0 Å². The molecule has 11 heavy (non-hydrogen) atoms. The van der Waals surface area contributed by atoms with Crippen LogP contribution in [-0.4, -0.2) is 11.1 Å². The van der Waals surface area contributed by atoms with Crippen LogP contribution < -0.4 is 0 Å². The summed E-state index contributed by atoms with van der Waals surface area (Å²) in [5, 5.41) is 15.9. The molecule has 0 radical (unpaired) electrons. The maximum absolute atomic E-state index is 10.4. The number of fused-ring (bicyclic) bond motifs is 1. The summed E-state index contributed by atoms with van der Waals surface area (Å²) in [6.07, 6.45) is 4.60. The van der Waals surface area contributed by atoms with Gasteiger partial charge in [0.05, 0.1) is 17.5 Å². The van der Waals surface area contributed by atoms with Crippen LogP contribution in [0.1, 0.15) is 0 Å². The van der Waals surface area contributed by atoms with Crippen molar-refractivity contribution in [2.24, 2.45) is 10.2 Å². The predicted octanol–water partition coefficient (Wildman–Crippen LogP) is 1.24. The number of nitrogens with zero attached hydrogens (tertiary/aromatic N) is 2. The van der Waals surface area contributed by atoms with Crippen molar-refractivity contribution < 1.29 is 9.90 Å². The van der Waals surface area contributed by atoms with Gasteiger partial charge in [0.2, 0.25) is 0 Å². The summed E-state index contributed by atoms with van der Waals surface area (Å²) in [5.74, 6) is -0.928. The number of allylic oxidation sites excluding steroid dienone is 1. The van der Waals surface area contributed by atoms with E-state index < -0.39 is 5.97 Å². The van der Waals surface area contributed by atoms with Crippen LogP contribution in [0.4, 0.5) is 0 Å². The zero-order chi connectivity index (χ0) is 7.84. The SMILES string of the molecule is O=C(O)C1=CC2=CN=NC2=C1. The minimum Gasteiger partial charge on any atom is -0.478 e. The highest BCUT2D eigenvalue weighted by molar-refractivity contribution is 5.93. The van der Waals surface area contributed by atoms with E-state index in [2.05, 4.69) is 10.2 Å². The standard InChI is InChI=1S/C7H4N2O2/c10-7(11)4-1-5-3-8-9-6(5)2-4/h1-3H,(H,10,11). The molecule has 0 spiro atoms. The third kappa shape index (κ3) is 0.797. The summed E-state index contributed by atoms with van der Waals surface area (Å²) in [6.45, 7) is 0. The van der Waals surface area contributed by atoms with E-state index in [-0.39, 0.29) is 5.57 Å². The number of hydrogen-bond acceptors (Lipinski definition) is 3. The van der Waals surface area contributed by atoms with Crippen LogP contribution in [0.25, 0.3) is 0 Å². The first kappa shape index (κ1) is 6.03. The molecule has 0 amide bonds. The molecule has 1 N–H and O–H groups in total. The van der Waals surface area contributed by atoms with E-state index >= 15 is 0 Å². The molecular weight excluding hydrogens is 144 g/mol. The quantitative estimate of drug-likeness (QED) is 0.608. The Balaban J connectivity index is 2.41.